The zero-order valence-corrected chi connectivity index (χ0v) is 10.1. The van der Waals surface area contributed by atoms with Gasteiger partial charge in [-0.1, -0.05) is 48.5 Å². The first-order chi connectivity index (χ1) is 8.75. The van der Waals surface area contributed by atoms with E-state index in [-0.39, 0.29) is 11.8 Å². The van der Waals surface area contributed by atoms with Crippen LogP contribution in [-0.4, -0.2) is 5.91 Å². The quantitative estimate of drug-likeness (QED) is 0.857. The summed E-state index contributed by atoms with van der Waals surface area (Å²) in [4.78, 5) is 11.3. The normalized spacial score (nSPS) is 13.8. The molecule has 0 saturated heterocycles. The summed E-state index contributed by atoms with van der Waals surface area (Å²) in [6, 6.07) is 16.7. The van der Waals surface area contributed by atoms with Gasteiger partial charge in [-0.25, -0.2) is 0 Å². The highest BCUT2D eigenvalue weighted by Crippen LogP contribution is 2.38. The van der Waals surface area contributed by atoms with Crippen molar-refractivity contribution in [2.24, 2.45) is 5.73 Å². The molecule has 0 saturated carbocycles. The van der Waals surface area contributed by atoms with Gasteiger partial charge in [0.1, 0.15) is 0 Å². The molecule has 0 aliphatic heterocycles. The van der Waals surface area contributed by atoms with Crippen molar-refractivity contribution >= 4 is 5.91 Å². The fourth-order valence-electron chi connectivity index (χ4n) is 2.86. The van der Waals surface area contributed by atoms with Gasteiger partial charge in [0.25, 0.3) is 0 Å². The Bertz CT molecular complexity index is 558. The van der Waals surface area contributed by atoms with Crippen molar-refractivity contribution in [2.75, 3.05) is 0 Å². The van der Waals surface area contributed by atoms with Crippen molar-refractivity contribution in [3.05, 3.63) is 70.8 Å². The van der Waals surface area contributed by atoms with Crippen LogP contribution in [0.3, 0.4) is 0 Å². The molecule has 1 aliphatic rings. The van der Waals surface area contributed by atoms with E-state index in [4.69, 9.17) is 5.73 Å². The van der Waals surface area contributed by atoms with Crippen LogP contribution in [0.1, 0.15) is 34.6 Å². The maximum atomic E-state index is 11.3. The van der Waals surface area contributed by atoms with Gasteiger partial charge >= 0.3 is 0 Å². The van der Waals surface area contributed by atoms with Crippen molar-refractivity contribution in [1.82, 2.24) is 0 Å². The van der Waals surface area contributed by atoms with Crippen molar-refractivity contribution in [3.8, 4) is 0 Å². The average Bonchev–Trinajstić information content (AvgIpc) is 2.38. The van der Waals surface area contributed by atoms with Crippen LogP contribution in [-0.2, 0) is 11.2 Å². The van der Waals surface area contributed by atoms with E-state index in [2.05, 4.69) is 24.3 Å². The van der Waals surface area contributed by atoms with Crippen molar-refractivity contribution < 1.29 is 4.79 Å². The van der Waals surface area contributed by atoms with Gasteiger partial charge in [-0.15, -0.1) is 0 Å². The summed E-state index contributed by atoms with van der Waals surface area (Å²) in [5, 5.41) is 0. The second-order valence-corrected chi connectivity index (χ2v) is 4.80. The van der Waals surface area contributed by atoms with Crippen LogP contribution in [0.25, 0.3) is 0 Å². The number of carbonyl (C=O) groups excluding carboxylic acids is 1. The van der Waals surface area contributed by atoms with Crippen LogP contribution in [0.2, 0.25) is 0 Å². The van der Waals surface area contributed by atoms with Crippen LogP contribution in [0.5, 0.6) is 0 Å². The highest BCUT2D eigenvalue weighted by atomic mass is 16.1. The molecule has 0 fully saturated rings. The summed E-state index contributed by atoms with van der Waals surface area (Å²) in [5.74, 6) is -0.129. The van der Waals surface area contributed by atoms with E-state index < -0.39 is 0 Å². The van der Waals surface area contributed by atoms with Crippen LogP contribution in [0.15, 0.2) is 48.5 Å². The number of hydrogen-bond acceptors (Lipinski definition) is 1. The maximum absolute atomic E-state index is 11.3. The second-order valence-electron chi connectivity index (χ2n) is 4.80. The molecule has 3 rings (SSSR count). The minimum Gasteiger partial charge on any atom is -0.370 e. The number of hydrogen-bond donors (Lipinski definition) is 1. The first-order valence-corrected chi connectivity index (χ1v) is 6.19. The van der Waals surface area contributed by atoms with E-state index in [9.17, 15) is 4.79 Å². The molecular weight excluding hydrogens is 222 g/mol. The lowest BCUT2D eigenvalue weighted by Crippen LogP contribution is -2.20. The Morgan fingerprint density at radius 1 is 1.00 bits per heavy atom. The Labute approximate surface area is 106 Å². The Kier molecular flexibility index (Phi) is 2.63. The number of fused-ring (bicyclic) bond motifs is 2. The van der Waals surface area contributed by atoms with Gasteiger partial charge in [-0.3, -0.25) is 4.79 Å². The molecular formula is C16H15NO. The summed E-state index contributed by atoms with van der Waals surface area (Å²) < 4.78 is 0. The number of carbonyl (C=O) groups is 1. The molecule has 0 unspecified atom stereocenters. The third-order valence-corrected chi connectivity index (χ3v) is 3.65. The lowest BCUT2D eigenvalue weighted by Gasteiger charge is -2.27. The van der Waals surface area contributed by atoms with Crippen LogP contribution < -0.4 is 5.73 Å². The Balaban J connectivity index is 2.14. The average molecular weight is 237 g/mol. The van der Waals surface area contributed by atoms with E-state index in [1.54, 1.807) is 0 Å². The number of rotatable bonds is 2. The topological polar surface area (TPSA) is 43.1 Å². The molecule has 2 aromatic rings. The Morgan fingerprint density at radius 3 is 2.00 bits per heavy atom. The minimum absolute atomic E-state index is 0.114. The van der Waals surface area contributed by atoms with Gasteiger partial charge in [0.05, 0.1) is 0 Å². The molecule has 18 heavy (non-hydrogen) atoms. The van der Waals surface area contributed by atoms with E-state index in [1.807, 2.05) is 24.3 Å². The molecule has 0 spiro atoms. The number of primary amides is 1. The maximum Gasteiger partial charge on any atom is 0.218 e. The smallest absolute Gasteiger partial charge is 0.218 e. The highest BCUT2D eigenvalue weighted by Gasteiger charge is 2.25. The van der Waals surface area contributed by atoms with Gasteiger partial charge in [0.2, 0.25) is 5.91 Å². The molecule has 2 nitrogen and oxygen atoms in total. The Hall–Kier alpha value is -2.09. The second kappa shape index (κ2) is 4.30. The predicted octanol–water partition coefficient (Wildman–Crippen LogP) is 2.60. The molecule has 90 valence electrons. The first-order valence-electron chi connectivity index (χ1n) is 6.19. The van der Waals surface area contributed by atoms with Gasteiger partial charge in [-0.2, -0.15) is 0 Å². The molecule has 2 N–H and O–H groups in total. The lowest BCUT2D eigenvalue weighted by atomic mass is 9.76. The molecule has 2 aromatic carbocycles. The molecule has 0 aromatic heterocycles. The Morgan fingerprint density at radius 2 is 1.50 bits per heavy atom. The summed E-state index contributed by atoms with van der Waals surface area (Å²) in [7, 11) is 0. The first kappa shape index (κ1) is 11.0. The largest absolute Gasteiger partial charge is 0.370 e. The molecule has 0 heterocycles. The zero-order valence-electron chi connectivity index (χ0n) is 10.1. The standard InChI is InChI=1S/C16H15NO/c17-16(18)10-15-13-7-3-1-5-11(13)9-12-6-2-4-8-14(12)15/h1-8,15H,9-10H2,(H2,17,18). The third-order valence-electron chi connectivity index (χ3n) is 3.65. The van der Waals surface area contributed by atoms with E-state index in [1.165, 1.54) is 22.3 Å². The molecule has 0 bridgehead atoms. The lowest BCUT2D eigenvalue weighted by molar-refractivity contribution is -0.118. The van der Waals surface area contributed by atoms with Crippen molar-refractivity contribution in [2.45, 2.75) is 18.8 Å². The summed E-state index contributed by atoms with van der Waals surface area (Å²) in [6.45, 7) is 0. The molecule has 1 aliphatic carbocycles. The van der Waals surface area contributed by atoms with Crippen LogP contribution >= 0.6 is 0 Å². The van der Waals surface area contributed by atoms with Crippen molar-refractivity contribution in [3.63, 3.8) is 0 Å². The molecule has 1 amide bonds. The van der Waals surface area contributed by atoms with Gasteiger partial charge in [0, 0.05) is 12.3 Å². The highest BCUT2D eigenvalue weighted by molar-refractivity contribution is 5.76. The molecule has 0 radical (unpaired) electrons. The van der Waals surface area contributed by atoms with Crippen molar-refractivity contribution in [1.29, 1.82) is 0 Å². The number of nitrogens with two attached hydrogens (primary N) is 1. The molecule has 0 atom stereocenters. The van der Waals surface area contributed by atoms with Gasteiger partial charge in [-0.05, 0) is 28.7 Å². The van der Waals surface area contributed by atoms with E-state index >= 15 is 0 Å². The zero-order chi connectivity index (χ0) is 12.5. The van der Waals surface area contributed by atoms with E-state index in [0.717, 1.165) is 6.42 Å². The van der Waals surface area contributed by atoms with Crippen LogP contribution in [0.4, 0.5) is 0 Å². The monoisotopic (exact) mass is 237 g/mol. The predicted molar refractivity (Wildman–Crippen MR) is 71.3 cm³/mol. The summed E-state index contributed by atoms with van der Waals surface area (Å²) in [5.41, 5.74) is 10.5. The van der Waals surface area contributed by atoms with Gasteiger partial charge < -0.3 is 5.73 Å². The number of amides is 1. The third kappa shape index (κ3) is 1.80. The van der Waals surface area contributed by atoms with Crippen LogP contribution in [0, 0.1) is 0 Å². The fourth-order valence-corrected chi connectivity index (χ4v) is 2.86. The minimum atomic E-state index is -0.244. The fraction of sp³-hybridized carbons (Fsp3) is 0.188. The summed E-state index contributed by atoms with van der Waals surface area (Å²) >= 11 is 0. The van der Waals surface area contributed by atoms with E-state index in [0.29, 0.717) is 6.42 Å². The SMILES string of the molecule is NC(=O)CC1c2ccccc2Cc2ccccc21. The summed E-state index contributed by atoms with van der Waals surface area (Å²) in [6.07, 6.45) is 1.33. The molecule has 2 heteroatoms. The van der Waals surface area contributed by atoms with Gasteiger partial charge in [0.15, 0.2) is 0 Å². The number of benzene rings is 2.